The van der Waals surface area contributed by atoms with Gasteiger partial charge in [-0.05, 0) is 51.0 Å². The van der Waals surface area contributed by atoms with Crippen molar-refractivity contribution < 1.29 is 14.3 Å². The molecule has 5 heteroatoms. The minimum Gasteiger partial charge on any atom is -0.463 e. The fourth-order valence-electron chi connectivity index (χ4n) is 2.13. The van der Waals surface area contributed by atoms with Crippen LogP contribution in [0.15, 0.2) is 22.6 Å². The first-order valence-corrected chi connectivity index (χ1v) is 7.82. The molecule has 0 aliphatic rings. The number of carbonyl (C=O) groups is 1. The van der Waals surface area contributed by atoms with Gasteiger partial charge >= 0.3 is 0 Å². The number of furan rings is 1. The molecule has 0 saturated heterocycles. The van der Waals surface area contributed by atoms with Gasteiger partial charge in [0.2, 0.25) is 0 Å². The molecule has 0 radical (unpaired) electrons. The lowest BCUT2D eigenvalue weighted by Gasteiger charge is -2.21. The Balaban J connectivity index is 2.03. The molecule has 1 amide bonds. The summed E-state index contributed by atoms with van der Waals surface area (Å²) in [5.41, 5.74) is -0.0786. The number of hydrogen-bond donors (Lipinski definition) is 2. The summed E-state index contributed by atoms with van der Waals surface area (Å²) in [6, 6.07) is 5.42. The highest BCUT2D eigenvalue weighted by atomic mass is 32.1. The third kappa shape index (κ3) is 3.54. The smallest absolute Gasteiger partial charge is 0.261 e. The molecule has 2 aromatic rings. The lowest BCUT2D eigenvalue weighted by atomic mass is 10.0. The molecule has 2 rings (SSSR count). The number of aliphatic hydroxyl groups is 1. The van der Waals surface area contributed by atoms with Crippen molar-refractivity contribution in [3.63, 3.8) is 0 Å². The van der Waals surface area contributed by atoms with E-state index in [4.69, 9.17) is 4.42 Å². The molecule has 0 aromatic carbocycles. The van der Waals surface area contributed by atoms with Crippen molar-refractivity contribution in [2.24, 2.45) is 0 Å². The van der Waals surface area contributed by atoms with E-state index in [9.17, 15) is 9.90 Å². The van der Waals surface area contributed by atoms with E-state index < -0.39 is 5.60 Å². The molecule has 4 nitrogen and oxygen atoms in total. The summed E-state index contributed by atoms with van der Waals surface area (Å²) < 4.78 is 5.43. The maximum atomic E-state index is 12.2. The van der Waals surface area contributed by atoms with Gasteiger partial charge < -0.3 is 14.8 Å². The van der Waals surface area contributed by atoms with Crippen LogP contribution in [0.2, 0.25) is 0 Å². The van der Waals surface area contributed by atoms with Gasteiger partial charge in [0.1, 0.15) is 17.1 Å². The lowest BCUT2D eigenvalue weighted by molar-refractivity contribution is 0.0324. The number of hydrogen-bond acceptors (Lipinski definition) is 4. The summed E-state index contributed by atoms with van der Waals surface area (Å²) in [7, 11) is 0. The van der Waals surface area contributed by atoms with E-state index >= 15 is 0 Å². The van der Waals surface area contributed by atoms with Gasteiger partial charge in [-0.25, -0.2) is 0 Å². The first-order valence-electron chi connectivity index (χ1n) is 7.00. The number of carbonyl (C=O) groups excluding carboxylic acids is 1. The third-order valence-corrected chi connectivity index (χ3v) is 4.81. The third-order valence-electron chi connectivity index (χ3n) is 3.43. The van der Waals surface area contributed by atoms with E-state index in [2.05, 4.69) is 12.2 Å². The van der Waals surface area contributed by atoms with E-state index in [-0.39, 0.29) is 12.5 Å². The molecule has 0 saturated carbocycles. The Kier molecular flexibility index (Phi) is 4.54. The molecule has 2 heterocycles. The maximum absolute atomic E-state index is 12.2. The Labute approximate surface area is 128 Å². The Morgan fingerprint density at radius 3 is 2.67 bits per heavy atom. The van der Waals surface area contributed by atoms with Crippen LogP contribution in [0.4, 0.5) is 0 Å². The largest absolute Gasteiger partial charge is 0.463 e. The number of thiophene rings is 1. The Bertz CT molecular complexity index is 640. The second kappa shape index (κ2) is 6.03. The van der Waals surface area contributed by atoms with Crippen LogP contribution in [0, 0.1) is 13.8 Å². The van der Waals surface area contributed by atoms with E-state index in [0.717, 1.165) is 17.7 Å². The van der Waals surface area contributed by atoms with Crippen molar-refractivity contribution in [2.45, 2.75) is 39.7 Å². The maximum Gasteiger partial charge on any atom is 0.261 e. The summed E-state index contributed by atoms with van der Waals surface area (Å²) in [5, 5.41) is 13.2. The number of amides is 1. The highest BCUT2D eigenvalue weighted by Gasteiger charge is 2.27. The van der Waals surface area contributed by atoms with Gasteiger partial charge in [0.25, 0.3) is 5.91 Å². The van der Waals surface area contributed by atoms with Crippen LogP contribution in [0.1, 0.15) is 45.5 Å². The van der Waals surface area contributed by atoms with Crippen molar-refractivity contribution >= 4 is 17.2 Å². The van der Waals surface area contributed by atoms with E-state index in [1.165, 1.54) is 16.2 Å². The highest BCUT2D eigenvalue weighted by Crippen LogP contribution is 2.24. The van der Waals surface area contributed by atoms with E-state index in [1.807, 2.05) is 19.9 Å². The molecule has 2 N–H and O–H groups in total. The van der Waals surface area contributed by atoms with Crippen LogP contribution in [0.25, 0.3) is 0 Å². The zero-order valence-electron chi connectivity index (χ0n) is 12.8. The average Bonchev–Trinajstić information content (AvgIpc) is 3.02. The predicted octanol–water partition coefficient (Wildman–Crippen LogP) is 3.16. The summed E-state index contributed by atoms with van der Waals surface area (Å²) >= 11 is 1.50. The number of aryl methyl sites for hydroxylation is 3. The summed E-state index contributed by atoms with van der Waals surface area (Å²) in [6.45, 7) is 7.64. The van der Waals surface area contributed by atoms with Crippen LogP contribution in [0.5, 0.6) is 0 Å². The van der Waals surface area contributed by atoms with Crippen LogP contribution < -0.4 is 5.32 Å². The predicted molar refractivity (Wildman–Crippen MR) is 83.8 cm³/mol. The van der Waals surface area contributed by atoms with Crippen LogP contribution in [-0.4, -0.2) is 17.6 Å². The standard InChI is InChI=1S/C16H21NO3S/c1-5-12-10(2)8-13(21-12)15(18)17-9-16(4,19)14-7-6-11(3)20-14/h6-8,19H,5,9H2,1-4H3,(H,17,18). The zero-order chi connectivity index (χ0) is 15.6. The van der Waals surface area contributed by atoms with Gasteiger partial charge in [0.15, 0.2) is 0 Å². The molecule has 114 valence electrons. The quantitative estimate of drug-likeness (QED) is 0.892. The molecular formula is C16H21NO3S. The topological polar surface area (TPSA) is 62.5 Å². The SMILES string of the molecule is CCc1sc(C(=O)NCC(C)(O)c2ccc(C)o2)cc1C. The minimum absolute atomic E-state index is 0.108. The minimum atomic E-state index is -1.22. The molecule has 2 aromatic heterocycles. The number of nitrogens with one attached hydrogen (secondary N) is 1. The molecule has 0 aliphatic carbocycles. The van der Waals surface area contributed by atoms with Crippen molar-refractivity contribution in [3.8, 4) is 0 Å². The second-order valence-corrected chi connectivity index (χ2v) is 6.57. The molecule has 21 heavy (non-hydrogen) atoms. The van der Waals surface area contributed by atoms with Crippen molar-refractivity contribution in [2.75, 3.05) is 6.54 Å². The number of rotatable bonds is 5. The molecule has 1 atom stereocenters. The van der Waals surface area contributed by atoms with Crippen molar-refractivity contribution in [3.05, 3.63) is 45.0 Å². The van der Waals surface area contributed by atoms with Crippen molar-refractivity contribution in [1.82, 2.24) is 5.32 Å². The fourth-order valence-corrected chi connectivity index (χ4v) is 3.16. The Morgan fingerprint density at radius 1 is 1.43 bits per heavy atom. The summed E-state index contributed by atoms with van der Waals surface area (Å²) in [5.74, 6) is 1.03. The Hall–Kier alpha value is -1.59. The van der Waals surface area contributed by atoms with E-state index in [0.29, 0.717) is 10.6 Å². The van der Waals surface area contributed by atoms with Gasteiger partial charge in [0, 0.05) is 4.88 Å². The van der Waals surface area contributed by atoms with Gasteiger partial charge in [-0.2, -0.15) is 0 Å². The molecular weight excluding hydrogens is 286 g/mol. The fraction of sp³-hybridized carbons (Fsp3) is 0.438. The second-order valence-electron chi connectivity index (χ2n) is 5.44. The molecule has 0 bridgehead atoms. The monoisotopic (exact) mass is 307 g/mol. The van der Waals surface area contributed by atoms with Gasteiger partial charge in [-0.15, -0.1) is 11.3 Å². The van der Waals surface area contributed by atoms with Gasteiger partial charge in [0.05, 0.1) is 11.4 Å². The Morgan fingerprint density at radius 2 is 2.14 bits per heavy atom. The molecule has 0 fully saturated rings. The normalized spacial score (nSPS) is 14.0. The van der Waals surface area contributed by atoms with Crippen LogP contribution >= 0.6 is 11.3 Å². The molecule has 0 spiro atoms. The summed E-state index contributed by atoms with van der Waals surface area (Å²) in [6.07, 6.45) is 0.924. The van der Waals surface area contributed by atoms with Crippen LogP contribution in [-0.2, 0) is 12.0 Å². The van der Waals surface area contributed by atoms with Crippen molar-refractivity contribution in [1.29, 1.82) is 0 Å². The lowest BCUT2D eigenvalue weighted by Crippen LogP contribution is -2.38. The van der Waals surface area contributed by atoms with Gasteiger partial charge in [-0.3, -0.25) is 4.79 Å². The van der Waals surface area contributed by atoms with Gasteiger partial charge in [-0.1, -0.05) is 6.92 Å². The molecule has 0 aliphatic heterocycles. The average molecular weight is 307 g/mol. The molecule has 1 unspecified atom stereocenters. The highest BCUT2D eigenvalue weighted by molar-refractivity contribution is 7.14. The van der Waals surface area contributed by atoms with E-state index in [1.54, 1.807) is 19.1 Å². The zero-order valence-corrected chi connectivity index (χ0v) is 13.6. The summed E-state index contributed by atoms with van der Waals surface area (Å²) in [4.78, 5) is 14.1. The first kappa shape index (κ1) is 15.8. The van der Waals surface area contributed by atoms with Crippen LogP contribution in [0.3, 0.4) is 0 Å². The first-order chi connectivity index (χ1) is 9.83.